The minimum Gasteiger partial charge on any atom is -0.461 e. The lowest BCUT2D eigenvalue weighted by Gasteiger charge is -2.29. The van der Waals surface area contributed by atoms with Crippen molar-refractivity contribution in [3.63, 3.8) is 0 Å². The molecule has 0 aromatic heterocycles. The van der Waals surface area contributed by atoms with Crippen molar-refractivity contribution in [1.82, 2.24) is 0 Å². The second-order valence-electron chi connectivity index (χ2n) is 6.58. The highest BCUT2D eigenvalue weighted by Gasteiger charge is 2.18. The number of hydrogen-bond donors (Lipinski definition) is 0. The highest BCUT2D eigenvalue weighted by atomic mass is 19.1. The zero-order valence-electron chi connectivity index (χ0n) is 15.0. The molecule has 0 spiro atoms. The summed E-state index contributed by atoms with van der Waals surface area (Å²) in [7, 11) is 0. The Morgan fingerprint density at radius 1 is 1.15 bits per heavy atom. The van der Waals surface area contributed by atoms with Gasteiger partial charge in [-0.2, -0.15) is 0 Å². The summed E-state index contributed by atoms with van der Waals surface area (Å²) in [5, 5.41) is 0. The maximum Gasteiger partial charge on any atom is 0.309 e. The van der Waals surface area contributed by atoms with Crippen LogP contribution in [0, 0.1) is 11.7 Å². The standard InChI is InChI=1S/C21H24FNO3/c1-16(21(24)26-15-17-5-3-2-4-6-17)13-18-7-8-20(19(22)14-18)23-9-11-25-12-10-23/h2-8,14,16H,9-13,15H2,1H3. The van der Waals surface area contributed by atoms with E-state index in [1.807, 2.05) is 41.3 Å². The molecule has 3 rings (SSSR count). The van der Waals surface area contributed by atoms with Gasteiger partial charge in [0.1, 0.15) is 12.4 Å². The molecule has 1 atom stereocenters. The average Bonchev–Trinajstić information content (AvgIpc) is 2.67. The zero-order valence-corrected chi connectivity index (χ0v) is 15.0. The molecule has 4 nitrogen and oxygen atoms in total. The Morgan fingerprint density at radius 2 is 1.88 bits per heavy atom. The zero-order chi connectivity index (χ0) is 18.4. The van der Waals surface area contributed by atoms with E-state index in [0.29, 0.717) is 38.4 Å². The van der Waals surface area contributed by atoms with E-state index in [1.54, 1.807) is 13.0 Å². The van der Waals surface area contributed by atoms with Gasteiger partial charge in [-0.25, -0.2) is 4.39 Å². The predicted molar refractivity (Wildman–Crippen MR) is 98.5 cm³/mol. The van der Waals surface area contributed by atoms with Crippen LogP contribution in [0.2, 0.25) is 0 Å². The van der Waals surface area contributed by atoms with E-state index < -0.39 is 0 Å². The Morgan fingerprint density at radius 3 is 2.58 bits per heavy atom. The van der Waals surface area contributed by atoms with E-state index in [1.165, 1.54) is 6.07 Å². The van der Waals surface area contributed by atoms with Crippen LogP contribution < -0.4 is 4.90 Å². The van der Waals surface area contributed by atoms with Crippen molar-refractivity contribution < 1.29 is 18.7 Å². The van der Waals surface area contributed by atoms with Gasteiger partial charge in [-0.05, 0) is 29.7 Å². The Hall–Kier alpha value is -2.40. The first-order valence-electron chi connectivity index (χ1n) is 8.95. The Labute approximate surface area is 153 Å². The molecule has 1 aliphatic rings. The van der Waals surface area contributed by atoms with Crippen LogP contribution in [-0.4, -0.2) is 32.3 Å². The van der Waals surface area contributed by atoms with E-state index in [4.69, 9.17) is 9.47 Å². The van der Waals surface area contributed by atoms with Crippen molar-refractivity contribution >= 4 is 11.7 Å². The highest BCUT2D eigenvalue weighted by Crippen LogP contribution is 2.23. The largest absolute Gasteiger partial charge is 0.461 e. The maximum atomic E-state index is 14.5. The fraction of sp³-hybridized carbons (Fsp3) is 0.381. The van der Waals surface area contributed by atoms with Gasteiger partial charge in [0.2, 0.25) is 0 Å². The average molecular weight is 357 g/mol. The summed E-state index contributed by atoms with van der Waals surface area (Å²) in [5.74, 6) is -0.854. The number of nitrogens with zero attached hydrogens (tertiary/aromatic N) is 1. The number of benzene rings is 2. The number of morpholine rings is 1. The molecule has 1 unspecified atom stereocenters. The molecular weight excluding hydrogens is 333 g/mol. The quantitative estimate of drug-likeness (QED) is 0.741. The topological polar surface area (TPSA) is 38.8 Å². The van der Waals surface area contributed by atoms with Gasteiger partial charge in [-0.15, -0.1) is 0 Å². The summed E-state index contributed by atoms with van der Waals surface area (Å²) < 4.78 is 25.1. The molecular formula is C21H24FNO3. The molecule has 1 heterocycles. The molecule has 0 saturated carbocycles. The van der Waals surface area contributed by atoms with Crippen molar-refractivity contribution in [3.05, 3.63) is 65.5 Å². The van der Waals surface area contributed by atoms with Crippen LogP contribution >= 0.6 is 0 Å². The first-order chi connectivity index (χ1) is 12.6. The van der Waals surface area contributed by atoms with Crippen LogP contribution in [0.1, 0.15) is 18.1 Å². The van der Waals surface area contributed by atoms with Gasteiger partial charge >= 0.3 is 5.97 Å². The lowest BCUT2D eigenvalue weighted by Crippen LogP contribution is -2.36. The van der Waals surface area contributed by atoms with Gasteiger partial charge in [0.15, 0.2) is 0 Å². The number of carbonyl (C=O) groups is 1. The van der Waals surface area contributed by atoms with Gasteiger partial charge in [0.05, 0.1) is 24.8 Å². The first-order valence-corrected chi connectivity index (χ1v) is 8.95. The third-order valence-corrected chi connectivity index (χ3v) is 4.53. The summed E-state index contributed by atoms with van der Waals surface area (Å²) in [6.07, 6.45) is 0.452. The van der Waals surface area contributed by atoms with Crippen LogP contribution in [-0.2, 0) is 27.3 Å². The lowest BCUT2D eigenvalue weighted by atomic mass is 10.0. The molecule has 0 radical (unpaired) electrons. The third kappa shape index (κ3) is 4.82. The van der Waals surface area contributed by atoms with Crippen LogP contribution in [0.3, 0.4) is 0 Å². The molecule has 26 heavy (non-hydrogen) atoms. The van der Waals surface area contributed by atoms with Gasteiger partial charge < -0.3 is 14.4 Å². The summed E-state index contributed by atoms with van der Waals surface area (Å²) in [6.45, 7) is 4.68. The molecule has 1 saturated heterocycles. The van der Waals surface area contributed by atoms with Crippen molar-refractivity contribution in [2.24, 2.45) is 5.92 Å². The van der Waals surface area contributed by atoms with E-state index in [0.717, 1.165) is 11.1 Å². The minimum absolute atomic E-state index is 0.255. The first kappa shape index (κ1) is 18.4. The van der Waals surface area contributed by atoms with Gasteiger partial charge in [0.25, 0.3) is 0 Å². The molecule has 2 aromatic rings. The minimum atomic E-state index is -0.327. The predicted octanol–water partition coefficient (Wildman–Crippen LogP) is 3.58. The monoisotopic (exact) mass is 357 g/mol. The maximum absolute atomic E-state index is 14.5. The number of rotatable bonds is 6. The number of anilines is 1. The molecule has 1 fully saturated rings. The molecule has 2 aromatic carbocycles. The van der Waals surface area contributed by atoms with Gasteiger partial charge in [-0.3, -0.25) is 4.79 Å². The van der Waals surface area contributed by atoms with E-state index in [-0.39, 0.29) is 24.3 Å². The van der Waals surface area contributed by atoms with Gasteiger partial charge in [0, 0.05) is 13.1 Å². The Kier molecular flexibility index (Phi) is 6.23. The van der Waals surface area contributed by atoms with E-state index in [9.17, 15) is 9.18 Å². The van der Waals surface area contributed by atoms with Crippen molar-refractivity contribution in [2.45, 2.75) is 20.0 Å². The van der Waals surface area contributed by atoms with Crippen LogP contribution in [0.5, 0.6) is 0 Å². The number of hydrogen-bond acceptors (Lipinski definition) is 4. The van der Waals surface area contributed by atoms with Crippen LogP contribution in [0.25, 0.3) is 0 Å². The highest BCUT2D eigenvalue weighted by molar-refractivity contribution is 5.72. The number of carbonyl (C=O) groups excluding carboxylic acids is 1. The molecule has 1 aliphatic heterocycles. The normalized spacial score (nSPS) is 15.5. The Bertz CT molecular complexity index is 729. The SMILES string of the molecule is CC(Cc1ccc(N2CCOCC2)c(F)c1)C(=O)OCc1ccccc1. The smallest absolute Gasteiger partial charge is 0.309 e. The van der Waals surface area contributed by atoms with E-state index in [2.05, 4.69) is 0 Å². The number of esters is 1. The fourth-order valence-corrected chi connectivity index (χ4v) is 3.05. The van der Waals surface area contributed by atoms with Crippen LogP contribution in [0.4, 0.5) is 10.1 Å². The fourth-order valence-electron chi connectivity index (χ4n) is 3.05. The lowest BCUT2D eigenvalue weighted by molar-refractivity contribution is -0.149. The summed E-state index contributed by atoms with van der Waals surface area (Å²) in [6, 6.07) is 14.8. The van der Waals surface area contributed by atoms with Gasteiger partial charge in [-0.1, -0.05) is 43.3 Å². The third-order valence-electron chi connectivity index (χ3n) is 4.53. The molecule has 0 bridgehead atoms. The van der Waals surface area contributed by atoms with Crippen LogP contribution in [0.15, 0.2) is 48.5 Å². The summed E-state index contributed by atoms with van der Waals surface area (Å²) in [4.78, 5) is 14.2. The van der Waals surface area contributed by atoms with Crippen molar-refractivity contribution in [2.75, 3.05) is 31.2 Å². The Balaban J connectivity index is 1.55. The molecule has 138 valence electrons. The summed E-state index contributed by atoms with van der Waals surface area (Å²) >= 11 is 0. The van der Waals surface area contributed by atoms with E-state index >= 15 is 0 Å². The number of halogens is 1. The van der Waals surface area contributed by atoms with Crippen molar-refractivity contribution in [1.29, 1.82) is 0 Å². The molecule has 0 N–H and O–H groups in total. The summed E-state index contributed by atoms with van der Waals surface area (Å²) in [5.41, 5.74) is 2.34. The van der Waals surface area contributed by atoms with Crippen molar-refractivity contribution in [3.8, 4) is 0 Å². The second-order valence-corrected chi connectivity index (χ2v) is 6.58. The number of ether oxygens (including phenoxy) is 2. The molecule has 0 amide bonds. The molecule has 0 aliphatic carbocycles. The second kappa shape index (κ2) is 8.81. The molecule has 5 heteroatoms.